The summed E-state index contributed by atoms with van der Waals surface area (Å²) >= 11 is 6.32. The van der Waals surface area contributed by atoms with Gasteiger partial charge in [0.2, 0.25) is 0 Å². The zero-order valence-corrected chi connectivity index (χ0v) is 17.8. The fourth-order valence-electron chi connectivity index (χ4n) is 3.19. The van der Waals surface area contributed by atoms with Gasteiger partial charge in [-0.25, -0.2) is 0 Å². The van der Waals surface area contributed by atoms with E-state index in [0.717, 1.165) is 22.0 Å². The van der Waals surface area contributed by atoms with Crippen molar-refractivity contribution in [3.8, 4) is 0 Å². The second-order valence-corrected chi connectivity index (χ2v) is 8.77. The predicted octanol–water partition coefficient (Wildman–Crippen LogP) is 3.82. The molecule has 29 heavy (non-hydrogen) atoms. The minimum atomic E-state index is -1.59. The molecule has 0 spiro atoms. The average molecular weight is 433 g/mol. The highest BCUT2D eigenvalue weighted by molar-refractivity contribution is 7.85. The van der Waals surface area contributed by atoms with E-state index < -0.39 is 22.5 Å². The van der Waals surface area contributed by atoms with Crippen LogP contribution in [0, 0.1) is 6.92 Å². The van der Waals surface area contributed by atoms with Crippen LogP contribution < -0.4 is 5.32 Å². The molecule has 8 heteroatoms. The molecule has 1 amide bonds. The van der Waals surface area contributed by atoms with E-state index in [2.05, 4.69) is 5.32 Å². The molecule has 1 aromatic heterocycles. The minimum absolute atomic E-state index is 0.233. The second-order valence-electron chi connectivity index (χ2n) is 6.92. The maximum absolute atomic E-state index is 12.8. The van der Waals surface area contributed by atoms with E-state index in [4.69, 9.17) is 16.7 Å². The van der Waals surface area contributed by atoms with Crippen molar-refractivity contribution in [3.05, 3.63) is 64.3 Å². The number of carboxylic acids is 1. The number of aryl methyl sites for hydroxylation is 2. The van der Waals surface area contributed by atoms with Crippen molar-refractivity contribution in [1.82, 2.24) is 9.88 Å². The first-order chi connectivity index (χ1) is 13.7. The molecule has 0 aliphatic rings. The van der Waals surface area contributed by atoms with E-state index in [1.54, 1.807) is 30.3 Å². The number of hydrogen-bond acceptors (Lipinski definition) is 3. The van der Waals surface area contributed by atoms with Crippen molar-refractivity contribution < 1.29 is 18.9 Å². The smallest absolute Gasteiger partial charge is 0.316 e. The SMILES string of the molecule is Cc1cc(Cl)c2cc(C(=O)NC(C)c3ccc(S(=O)CC(=O)O)cc3)n(C)c2c1. The molecule has 3 rings (SSSR count). The topological polar surface area (TPSA) is 88.4 Å². The molecule has 6 nitrogen and oxygen atoms in total. The van der Waals surface area contributed by atoms with Crippen molar-refractivity contribution in [1.29, 1.82) is 0 Å². The van der Waals surface area contributed by atoms with Crippen molar-refractivity contribution in [2.24, 2.45) is 7.05 Å². The van der Waals surface area contributed by atoms with Crippen molar-refractivity contribution in [2.75, 3.05) is 5.75 Å². The van der Waals surface area contributed by atoms with Crippen LogP contribution in [0.5, 0.6) is 0 Å². The second kappa shape index (κ2) is 8.39. The van der Waals surface area contributed by atoms with E-state index in [1.807, 2.05) is 37.6 Å². The van der Waals surface area contributed by atoms with E-state index in [9.17, 15) is 13.8 Å². The number of carbonyl (C=O) groups excluding carboxylic acids is 1. The Bertz CT molecular complexity index is 1120. The zero-order valence-electron chi connectivity index (χ0n) is 16.2. The van der Waals surface area contributed by atoms with E-state index in [-0.39, 0.29) is 11.9 Å². The number of carboxylic acid groups (broad SMARTS) is 1. The Morgan fingerprint density at radius 3 is 2.48 bits per heavy atom. The lowest BCUT2D eigenvalue weighted by molar-refractivity contribution is -0.133. The molecule has 3 aromatic rings. The molecule has 2 aromatic carbocycles. The molecule has 0 aliphatic heterocycles. The number of halogens is 1. The van der Waals surface area contributed by atoms with Crippen LogP contribution in [0.1, 0.15) is 34.6 Å². The molecule has 0 radical (unpaired) electrons. The Morgan fingerprint density at radius 2 is 1.86 bits per heavy atom. The van der Waals surface area contributed by atoms with Gasteiger partial charge in [0, 0.05) is 17.3 Å². The third kappa shape index (κ3) is 4.52. The number of benzene rings is 2. The van der Waals surface area contributed by atoms with Crippen molar-refractivity contribution in [3.63, 3.8) is 0 Å². The standard InChI is InChI=1S/C21H21ClN2O4S/c1-12-8-17(22)16-10-19(24(3)18(16)9-12)21(27)23-13(2)14-4-6-15(7-5-14)29(28)11-20(25)26/h4-10,13H,11H2,1-3H3,(H,23,27)(H,25,26). The Morgan fingerprint density at radius 1 is 1.21 bits per heavy atom. The Labute approximate surface area is 175 Å². The number of aliphatic carboxylic acids is 1. The number of carbonyl (C=O) groups is 2. The summed E-state index contributed by atoms with van der Waals surface area (Å²) in [6.07, 6.45) is 0. The van der Waals surface area contributed by atoms with Gasteiger partial charge in [-0.1, -0.05) is 23.7 Å². The van der Waals surface area contributed by atoms with Crippen LogP contribution in [0.25, 0.3) is 10.9 Å². The van der Waals surface area contributed by atoms with Gasteiger partial charge in [0.15, 0.2) is 0 Å². The van der Waals surface area contributed by atoms with E-state index >= 15 is 0 Å². The molecule has 2 atom stereocenters. The van der Waals surface area contributed by atoms with Gasteiger partial charge >= 0.3 is 5.97 Å². The molecule has 0 saturated heterocycles. The van der Waals surface area contributed by atoms with Crippen LogP contribution in [0.15, 0.2) is 47.4 Å². The summed E-state index contributed by atoms with van der Waals surface area (Å²) in [5.74, 6) is -1.78. The van der Waals surface area contributed by atoms with Crippen molar-refractivity contribution in [2.45, 2.75) is 24.8 Å². The van der Waals surface area contributed by atoms with Crippen LogP contribution in [0.3, 0.4) is 0 Å². The summed E-state index contributed by atoms with van der Waals surface area (Å²) in [7, 11) is 0.229. The molecule has 2 N–H and O–H groups in total. The summed E-state index contributed by atoms with van der Waals surface area (Å²) in [4.78, 5) is 24.0. The summed E-state index contributed by atoms with van der Waals surface area (Å²) in [5.41, 5.74) is 3.23. The lowest BCUT2D eigenvalue weighted by Gasteiger charge is -2.15. The third-order valence-corrected chi connectivity index (χ3v) is 6.35. The Hall–Kier alpha value is -2.64. The lowest BCUT2D eigenvalue weighted by atomic mass is 10.1. The van der Waals surface area contributed by atoms with Crippen molar-refractivity contribution >= 4 is 45.2 Å². The van der Waals surface area contributed by atoms with Gasteiger partial charge in [0.05, 0.1) is 27.4 Å². The monoisotopic (exact) mass is 432 g/mol. The zero-order chi connectivity index (χ0) is 21.3. The van der Waals surface area contributed by atoms with Gasteiger partial charge in [-0.3, -0.25) is 13.8 Å². The number of nitrogens with one attached hydrogen (secondary N) is 1. The average Bonchev–Trinajstić information content (AvgIpc) is 2.98. The molecule has 2 unspecified atom stereocenters. The molecule has 0 aliphatic carbocycles. The van der Waals surface area contributed by atoms with Crippen LogP contribution in [-0.2, 0) is 22.6 Å². The molecule has 1 heterocycles. The van der Waals surface area contributed by atoms with Gasteiger partial charge in [0.1, 0.15) is 11.4 Å². The maximum atomic E-state index is 12.8. The first-order valence-electron chi connectivity index (χ1n) is 8.94. The molecule has 0 saturated carbocycles. The summed E-state index contributed by atoms with van der Waals surface area (Å²) in [6.45, 7) is 3.80. The van der Waals surface area contributed by atoms with Crippen LogP contribution in [0.4, 0.5) is 0 Å². The normalized spacial score (nSPS) is 13.2. The van der Waals surface area contributed by atoms with E-state index in [0.29, 0.717) is 15.6 Å². The van der Waals surface area contributed by atoms with Crippen LogP contribution in [-0.4, -0.2) is 31.5 Å². The van der Waals surface area contributed by atoms with Gasteiger partial charge < -0.3 is 15.0 Å². The first kappa shape index (κ1) is 21.1. The van der Waals surface area contributed by atoms with Crippen LogP contribution >= 0.6 is 11.6 Å². The molecule has 0 bridgehead atoms. The van der Waals surface area contributed by atoms with Gasteiger partial charge in [-0.2, -0.15) is 0 Å². The quantitative estimate of drug-likeness (QED) is 0.619. The summed E-state index contributed by atoms with van der Waals surface area (Å²) < 4.78 is 13.7. The van der Waals surface area contributed by atoms with Gasteiger partial charge in [0.25, 0.3) is 5.91 Å². The summed E-state index contributed by atoms with van der Waals surface area (Å²) in [6, 6.07) is 12.1. The molecular weight excluding hydrogens is 412 g/mol. The van der Waals surface area contributed by atoms with E-state index in [1.165, 1.54) is 0 Å². The highest BCUT2D eigenvalue weighted by Gasteiger charge is 2.18. The Kier molecular flexibility index (Phi) is 6.10. The minimum Gasteiger partial charge on any atom is -0.481 e. The third-order valence-electron chi connectivity index (χ3n) is 4.73. The largest absolute Gasteiger partial charge is 0.481 e. The van der Waals surface area contributed by atoms with Crippen LogP contribution in [0.2, 0.25) is 5.02 Å². The van der Waals surface area contributed by atoms with Gasteiger partial charge in [-0.05, 0) is 55.3 Å². The fourth-order valence-corrected chi connectivity index (χ4v) is 4.35. The maximum Gasteiger partial charge on any atom is 0.316 e. The highest BCUT2D eigenvalue weighted by Crippen LogP contribution is 2.28. The number of aromatic nitrogens is 1. The predicted molar refractivity (Wildman–Crippen MR) is 114 cm³/mol. The number of nitrogens with zero attached hydrogens (tertiary/aromatic N) is 1. The number of hydrogen-bond donors (Lipinski definition) is 2. The number of amides is 1. The number of rotatable bonds is 6. The fraction of sp³-hybridized carbons (Fsp3) is 0.238. The Balaban J connectivity index is 1.78. The number of fused-ring (bicyclic) bond motifs is 1. The molecule has 0 fully saturated rings. The highest BCUT2D eigenvalue weighted by atomic mass is 35.5. The molecule has 152 valence electrons. The van der Waals surface area contributed by atoms with Gasteiger partial charge in [-0.15, -0.1) is 0 Å². The summed E-state index contributed by atoms with van der Waals surface area (Å²) in [5, 5.41) is 13.1. The first-order valence-corrected chi connectivity index (χ1v) is 10.6. The lowest BCUT2D eigenvalue weighted by Crippen LogP contribution is -2.28. The molecular formula is C21H21ClN2O4S.